The summed E-state index contributed by atoms with van der Waals surface area (Å²) in [5.74, 6) is 0.0564. The van der Waals surface area contributed by atoms with Crippen LogP contribution < -0.4 is 16.0 Å². The van der Waals surface area contributed by atoms with Crippen molar-refractivity contribution in [3.8, 4) is 0 Å². The molecule has 7 heteroatoms. The molecule has 3 aromatic carbocycles. The maximum atomic E-state index is 12.8. The van der Waals surface area contributed by atoms with Gasteiger partial charge in [-0.25, -0.2) is 4.79 Å². The van der Waals surface area contributed by atoms with Crippen LogP contribution in [-0.2, 0) is 0 Å². The van der Waals surface area contributed by atoms with E-state index in [0.717, 1.165) is 48.7 Å². The maximum Gasteiger partial charge on any atom is 0.323 e. The smallest absolute Gasteiger partial charge is 0.323 e. The molecule has 1 aliphatic rings. The van der Waals surface area contributed by atoms with Crippen LogP contribution in [0, 0.1) is 0 Å². The van der Waals surface area contributed by atoms with Gasteiger partial charge in [0.2, 0.25) is 0 Å². The number of carbonyl (C=O) groups excluding carboxylic acids is 2. The van der Waals surface area contributed by atoms with Gasteiger partial charge in [0.1, 0.15) is 0 Å². The van der Waals surface area contributed by atoms with E-state index < -0.39 is 0 Å². The Kier molecular flexibility index (Phi) is 8.71. The first kappa shape index (κ1) is 25.4. The Hall–Kier alpha value is -3.68. The highest BCUT2D eigenvalue weighted by atomic mass is 16.2. The minimum Gasteiger partial charge on any atom is -0.339 e. The Bertz CT molecular complexity index is 1140. The first-order valence-electron chi connectivity index (χ1n) is 12.7. The number of piperazine rings is 1. The van der Waals surface area contributed by atoms with E-state index in [1.807, 2.05) is 79.4 Å². The highest BCUT2D eigenvalue weighted by Gasteiger charge is 2.25. The van der Waals surface area contributed by atoms with Crippen LogP contribution in [0.2, 0.25) is 0 Å². The molecule has 3 N–H and O–H groups in total. The average molecular weight is 486 g/mol. The number of amides is 3. The van der Waals surface area contributed by atoms with Crippen molar-refractivity contribution in [1.82, 2.24) is 15.1 Å². The molecule has 0 bridgehead atoms. The highest BCUT2D eigenvalue weighted by molar-refractivity contribution is 5.99. The number of benzene rings is 3. The van der Waals surface area contributed by atoms with E-state index in [4.69, 9.17) is 0 Å². The van der Waals surface area contributed by atoms with E-state index >= 15 is 0 Å². The normalized spacial score (nSPS) is 14.6. The van der Waals surface area contributed by atoms with E-state index in [0.29, 0.717) is 18.7 Å². The first-order chi connectivity index (χ1) is 17.6. The van der Waals surface area contributed by atoms with Gasteiger partial charge in [0.15, 0.2) is 0 Å². The van der Waals surface area contributed by atoms with Crippen molar-refractivity contribution in [2.24, 2.45) is 0 Å². The maximum absolute atomic E-state index is 12.8. The van der Waals surface area contributed by atoms with E-state index in [1.54, 1.807) is 0 Å². The lowest BCUT2D eigenvalue weighted by Crippen LogP contribution is -2.45. The molecule has 7 nitrogen and oxygen atoms in total. The molecule has 1 aliphatic heterocycles. The van der Waals surface area contributed by atoms with Crippen molar-refractivity contribution in [2.45, 2.75) is 19.9 Å². The predicted molar refractivity (Wildman–Crippen MR) is 146 cm³/mol. The summed E-state index contributed by atoms with van der Waals surface area (Å²) in [6.45, 7) is 9.05. The number of nitrogens with zero attached hydrogens (tertiary/aromatic N) is 2. The Morgan fingerprint density at radius 1 is 0.833 bits per heavy atom. The second-order valence-corrected chi connectivity index (χ2v) is 8.86. The van der Waals surface area contributed by atoms with Crippen molar-refractivity contribution in [3.63, 3.8) is 0 Å². The summed E-state index contributed by atoms with van der Waals surface area (Å²) < 4.78 is 0. The largest absolute Gasteiger partial charge is 0.339 e. The van der Waals surface area contributed by atoms with Gasteiger partial charge in [-0.05, 0) is 61.4 Å². The summed E-state index contributed by atoms with van der Waals surface area (Å²) in [6.07, 6.45) is 0. The second kappa shape index (κ2) is 12.3. The lowest BCUT2D eigenvalue weighted by atomic mass is 9.95. The van der Waals surface area contributed by atoms with Crippen molar-refractivity contribution >= 4 is 23.3 Å². The molecule has 1 atom stereocenters. The fourth-order valence-corrected chi connectivity index (χ4v) is 4.66. The molecular weight excluding hydrogens is 450 g/mol. The molecule has 1 unspecified atom stereocenters. The van der Waals surface area contributed by atoms with Gasteiger partial charge >= 0.3 is 6.03 Å². The van der Waals surface area contributed by atoms with Crippen molar-refractivity contribution in [1.29, 1.82) is 0 Å². The monoisotopic (exact) mass is 485 g/mol. The van der Waals surface area contributed by atoms with Gasteiger partial charge in [-0.1, -0.05) is 42.5 Å². The summed E-state index contributed by atoms with van der Waals surface area (Å²) >= 11 is 0. The zero-order chi connectivity index (χ0) is 25.3. The zero-order valence-electron chi connectivity index (χ0n) is 21.0. The third-order valence-electron chi connectivity index (χ3n) is 6.53. The molecule has 0 radical (unpaired) electrons. The number of nitrogens with one attached hydrogen (secondary N) is 3. The Balaban J connectivity index is 1.57. The van der Waals surface area contributed by atoms with E-state index in [1.165, 1.54) is 0 Å². The van der Waals surface area contributed by atoms with Gasteiger partial charge in [0.05, 0.1) is 6.04 Å². The number of hydrogen-bond donors (Lipinski definition) is 3. The van der Waals surface area contributed by atoms with Crippen LogP contribution in [0.25, 0.3) is 0 Å². The summed E-state index contributed by atoms with van der Waals surface area (Å²) in [5, 5.41) is 9.25. The van der Waals surface area contributed by atoms with Crippen LogP contribution in [-0.4, -0.2) is 61.0 Å². The number of rotatable bonds is 8. The fraction of sp³-hybridized carbons (Fsp3) is 0.310. The number of hydrogen-bond acceptors (Lipinski definition) is 4. The number of urea groups is 1. The highest BCUT2D eigenvalue weighted by Crippen LogP contribution is 2.31. The summed E-state index contributed by atoms with van der Waals surface area (Å²) in [5.41, 5.74) is 4.39. The molecule has 0 spiro atoms. The van der Waals surface area contributed by atoms with Gasteiger partial charge in [-0.2, -0.15) is 0 Å². The van der Waals surface area contributed by atoms with Gasteiger partial charge in [0, 0.05) is 56.2 Å². The molecular formula is C29H35N5O2. The van der Waals surface area contributed by atoms with E-state index in [-0.39, 0.29) is 18.0 Å². The lowest BCUT2D eigenvalue weighted by molar-refractivity contribution is 0.0773. The van der Waals surface area contributed by atoms with Gasteiger partial charge in [-0.3, -0.25) is 9.69 Å². The quantitative estimate of drug-likeness (QED) is 0.428. The Morgan fingerprint density at radius 2 is 1.47 bits per heavy atom. The molecule has 188 valence electrons. The SMILES string of the molecule is CCN(CC)C(=O)c1ccc(C(c2cccc(NC(=O)Nc3ccccc3)c2)N2CCNCC2)cc1. The van der Waals surface area contributed by atoms with Crippen molar-refractivity contribution in [2.75, 3.05) is 49.9 Å². The van der Waals surface area contributed by atoms with E-state index in [9.17, 15) is 9.59 Å². The van der Waals surface area contributed by atoms with Gasteiger partial charge in [0.25, 0.3) is 5.91 Å². The average Bonchev–Trinajstić information content (AvgIpc) is 2.91. The predicted octanol–water partition coefficient (Wildman–Crippen LogP) is 4.81. The minimum atomic E-state index is -0.281. The van der Waals surface area contributed by atoms with Crippen LogP contribution in [0.5, 0.6) is 0 Å². The molecule has 1 heterocycles. The molecule has 4 rings (SSSR count). The third-order valence-corrected chi connectivity index (χ3v) is 6.53. The molecule has 3 aromatic rings. The van der Waals surface area contributed by atoms with Crippen molar-refractivity contribution < 1.29 is 9.59 Å². The van der Waals surface area contributed by atoms with Crippen molar-refractivity contribution in [3.05, 3.63) is 95.6 Å². The standard InChI is InChI=1S/C29H35N5O2/c1-3-33(4-2)28(35)23-15-13-22(14-16-23)27(34-19-17-30-18-20-34)24-9-8-12-26(21-24)32-29(36)31-25-10-6-5-7-11-25/h5-16,21,27,30H,3-4,17-20H2,1-2H3,(H2,31,32,36). The van der Waals surface area contributed by atoms with Crippen LogP contribution in [0.3, 0.4) is 0 Å². The molecule has 3 amide bonds. The molecule has 36 heavy (non-hydrogen) atoms. The lowest BCUT2D eigenvalue weighted by Gasteiger charge is -2.36. The van der Waals surface area contributed by atoms with Crippen LogP contribution in [0.15, 0.2) is 78.9 Å². The zero-order valence-corrected chi connectivity index (χ0v) is 21.0. The van der Waals surface area contributed by atoms with Crippen LogP contribution in [0.4, 0.5) is 16.2 Å². The van der Waals surface area contributed by atoms with Crippen LogP contribution in [0.1, 0.15) is 41.4 Å². The number of carbonyl (C=O) groups is 2. The summed E-state index contributed by atoms with van der Waals surface area (Å²) in [7, 11) is 0. The van der Waals surface area contributed by atoms with E-state index in [2.05, 4.69) is 39.0 Å². The topological polar surface area (TPSA) is 76.7 Å². The number of anilines is 2. The summed E-state index contributed by atoms with van der Waals surface area (Å²) in [6, 6.07) is 25.1. The summed E-state index contributed by atoms with van der Waals surface area (Å²) in [4.78, 5) is 29.6. The molecule has 1 fully saturated rings. The van der Waals surface area contributed by atoms with Crippen LogP contribution >= 0.6 is 0 Å². The molecule has 0 aliphatic carbocycles. The number of para-hydroxylation sites is 1. The first-order valence-corrected chi connectivity index (χ1v) is 12.7. The van der Waals surface area contributed by atoms with Gasteiger partial charge in [-0.15, -0.1) is 0 Å². The van der Waals surface area contributed by atoms with Gasteiger partial charge < -0.3 is 20.9 Å². The Labute approximate surface area is 213 Å². The second-order valence-electron chi connectivity index (χ2n) is 8.86. The molecule has 1 saturated heterocycles. The molecule has 0 saturated carbocycles. The minimum absolute atomic E-state index is 0.0173. The molecule has 0 aromatic heterocycles. The third kappa shape index (κ3) is 6.30. The Morgan fingerprint density at radius 3 is 2.14 bits per heavy atom. The fourth-order valence-electron chi connectivity index (χ4n) is 4.66.